The number of carbonyl (C=O) groups is 1. The van der Waals surface area contributed by atoms with Crippen molar-refractivity contribution in [2.75, 3.05) is 45.3 Å². The number of nitrogens with one attached hydrogen (secondary N) is 2. The minimum Gasteiger partial charge on any atom is -0.496 e. The molecule has 11 heteroatoms. The molecule has 0 fully saturated rings. The quantitative estimate of drug-likeness (QED) is 0.182. The molecule has 226 valence electrons. The van der Waals surface area contributed by atoms with Gasteiger partial charge in [-0.05, 0) is 47.4 Å². The summed E-state index contributed by atoms with van der Waals surface area (Å²) in [5.41, 5.74) is 4.18. The van der Waals surface area contributed by atoms with Crippen molar-refractivity contribution in [3.8, 4) is 28.0 Å². The van der Waals surface area contributed by atoms with Crippen LogP contribution in [0.1, 0.15) is 31.5 Å². The van der Waals surface area contributed by atoms with Gasteiger partial charge < -0.3 is 25.6 Å². The minimum absolute atomic E-state index is 0.0369. The second-order valence-electron chi connectivity index (χ2n) is 10.3. The third-order valence-corrected chi connectivity index (χ3v) is 8.65. The molecule has 0 radical (unpaired) electrons. The Labute approximate surface area is 253 Å². The van der Waals surface area contributed by atoms with Crippen LogP contribution in [0.15, 0.2) is 48.5 Å². The van der Waals surface area contributed by atoms with E-state index in [9.17, 15) is 9.90 Å². The van der Waals surface area contributed by atoms with Gasteiger partial charge in [-0.3, -0.25) is 9.69 Å². The second-order valence-corrected chi connectivity index (χ2v) is 11.4. The molecule has 1 amide bonds. The Morgan fingerprint density at radius 2 is 1.86 bits per heavy atom. The number of aliphatic hydroxyl groups is 2. The normalized spacial score (nSPS) is 13.2. The van der Waals surface area contributed by atoms with Crippen LogP contribution in [-0.2, 0) is 19.5 Å². The highest BCUT2D eigenvalue weighted by Gasteiger charge is 2.24. The van der Waals surface area contributed by atoms with E-state index < -0.39 is 17.5 Å². The number of halogens is 2. The molecule has 8 nitrogen and oxygen atoms in total. The lowest BCUT2D eigenvalue weighted by atomic mass is 9.91. The number of aromatic nitrogens is 1. The van der Waals surface area contributed by atoms with Crippen LogP contribution in [0.4, 0.5) is 14.5 Å². The third-order valence-electron chi connectivity index (χ3n) is 7.57. The van der Waals surface area contributed by atoms with Crippen molar-refractivity contribution in [2.45, 2.75) is 26.4 Å². The van der Waals surface area contributed by atoms with E-state index in [0.29, 0.717) is 59.6 Å². The first-order chi connectivity index (χ1) is 20.8. The molecule has 1 aliphatic heterocycles. The largest absolute Gasteiger partial charge is 0.496 e. The fourth-order valence-electron chi connectivity index (χ4n) is 5.34. The van der Waals surface area contributed by atoms with Crippen LogP contribution in [0.25, 0.3) is 22.3 Å². The Bertz CT molecular complexity index is 1630. The van der Waals surface area contributed by atoms with Crippen LogP contribution in [0, 0.1) is 18.6 Å². The summed E-state index contributed by atoms with van der Waals surface area (Å²) in [6.07, 6.45) is 0.692. The summed E-state index contributed by atoms with van der Waals surface area (Å²) in [6, 6.07) is 13.4. The fourth-order valence-corrected chi connectivity index (χ4v) is 6.39. The summed E-state index contributed by atoms with van der Waals surface area (Å²) in [5, 5.41) is 24.2. The minimum atomic E-state index is -0.583. The molecule has 0 atom stereocenters. The first kappa shape index (κ1) is 30.7. The van der Waals surface area contributed by atoms with Crippen LogP contribution in [0.2, 0.25) is 0 Å². The third kappa shape index (κ3) is 6.61. The van der Waals surface area contributed by atoms with E-state index in [-0.39, 0.29) is 30.5 Å². The Morgan fingerprint density at radius 3 is 2.63 bits per heavy atom. The lowest BCUT2D eigenvalue weighted by Crippen LogP contribution is -2.32. The molecule has 4 N–H and O–H groups in total. The molecule has 5 rings (SSSR count). The molecular weight excluding hydrogens is 574 g/mol. The van der Waals surface area contributed by atoms with E-state index in [1.54, 1.807) is 30.3 Å². The van der Waals surface area contributed by atoms with Gasteiger partial charge in [0.15, 0.2) is 10.8 Å². The lowest BCUT2D eigenvalue weighted by molar-refractivity contribution is 0.102. The Morgan fingerprint density at radius 1 is 1.09 bits per heavy atom. The van der Waals surface area contributed by atoms with Crippen LogP contribution >= 0.6 is 11.3 Å². The van der Waals surface area contributed by atoms with E-state index in [1.807, 2.05) is 13.0 Å². The van der Waals surface area contributed by atoms with Gasteiger partial charge in [0.1, 0.15) is 11.6 Å². The number of hydrogen-bond donors (Lipinski definition) is 4. The number of rotatable bonds is 11. The van der Waals surface area contributed by atoms with Crippen molar-refractivity contribution in [3.63, 3.8) is 0 Å². The summed E-state index contributed by atoms with van der Waals surface area (Å²) in [7, 11) is 1.47. The van der Waals surface area contributed by atoms with E-state index in [4.69, 9.17) is 9.84 Å². The lowest BCUT2D eigenvalue weighted by Gasteiger charge is -2.24. The zero-order chi connectivity index (χ0) is 30.5. The molecular formula is C32H34F2N4O4S. The predicted molar refractivity (Wildman–Crippen MR) is 163 cm³/mol. The van der Waals surface area contributed by atoms with Crippen molar-refractivity contribution >= 4 is 22.9 Å². The van der Waals surface area contributed by atoms with Gasteiger partial charge in [0.25, 0.3) is 5.91 Å². The first-order valence-corrected chi connectivity index (χ1v) is 14.9. The van der Waals surface area contributed by atoms with Crippen molar-refractivity contribution in [1.82, 2.24) is 15.2 Å². The number of β-amino-alcohol motifs (C(OH)–C–C–N with tert-alkyl or cyclic N) is 1. The molecule has 2 heterocycles. The highest BCUT2D eigenvalue weighted by molar-refractivity contribution is 7.13. The van der Waals surface area contributed by atoms with E-state index >= 15 is 8.78 Å². The van der Waals surface area contributed by atoms with Gasteiger partial charge in [-0.2, -0.15) is 0 Å². The van der Waals surface area contributed by atoms with Crippen LogP contribution in [0.3, 0.4) is 0 Å². The summed E-state index contributed by atoms with van der Waals surface area (Å²) >= 11 is 1.29. The van der Waals surface area contributed by atoms with Crippen LogP contribution < -0.4 is 15.4 Å². The number of thiazole rings is 1. The number of carbonyl (C=O) groups excluding carboxylic acids is 1. The topological polar surface area (TPSA) is 107 Å². The van der Waals surface area contributed by atoms with Crippen molar-refractivity contribution in [1.29, 1.82) is 0 Å². The molecule has 1 aromatic heterocycles. The second kappa shape index (κ2) is 13.7. The van der Waals surface area contributed by atoms with Gasteiger partial charge in [-0.25, -0.2) is 13.8 Å². The summed E-state index contributed by atoms with van der Waals surface area (Å²) < 4.78 is 36.6. The summed E-state index contributed by atoms with van der Waals surface area (Å²) in [5.74, 6) is -1.15. The molecule has 0 bridgehead atoms. The number of ether oxygens (including phenoxy) is 1. The van der Waals surface area contributed by atoms with Gasteiger partial charge in [0, 0.05) is 55.1 Å². The molecule has 4 aromatic rings. The first-order valence-electron chi connectivity index (χ1n) is 14.0. The number of anilines is 1. The molecule has 0 spiro atoms. The maximum absolute atomic E-state index is 15.9. The van der Waals surface area contributed by atoms with E-state index in [2.05, 4.69) is 20.5 Å². The Hall–Kier alpha value is -3.74. The van der Waals surface area contributed by atoms with E-state index in [0.717, 1.165) is 22.7 Å². The maximum Gasteiger partial charge on any atom is 0.284 e. The number of fused-ring (bicyclic) bond motifs is 1. The molecule has 1 aliphatic rings. The SMILES string of the molecule is COc1cc(-c2cccc(-c3cccc(NC(=O)c4nc5c(s4)CN(CCO)CC5)c3F)c2C)cc(F)c1CNCCO. The summed E-state index contributed by atoms with van der Waals surface area (Å²) in [6.45, 7) is 4.33. The molecule has 3 aromatic carbocycles. The maximum atomic E-state index is 15.9. The molecule has 0 aliphatic carbocycles. The zero-order valence-electron chi connectivity index (χ0n) is 24.0. The number of amides is 1. The monoisotopic (exact) mass is 608 g/mol. The van der Waals surface area contributed by atoms with Crippen molar-refractivity contribution < 1.29 is 28.5 Å². The van der Waals surface area contributed by atoms with E-state index in [1.165, 1.54) is 30.6 Å². The van der Waals surface area contributed by atoms with Gasteiger partial charge in [0.05, 0.1) is 31.7 Å². The van der Waals surface area contributed by atoms with Crippen molar-refractivity contribution in [3.05, 3.63) is 86.9 Å². The number of benzene rings is 3. The molecule has 0 saturated carbocycles. The average Bonchev–Trinajstić information content (AvgIpc) is 3.43. The van der Waals surface area contributed by atoms with Gasteiger partial charge >= 0.3 is 0 Å². The number of aliphatic hydroxyl groups excluding tert-OH is 2. The molecule has 0 saturated heterocycles. The highest BCUT2D eigenvalue weighted by Crippen LogP contribution is 2.37. The predicted octanol–water partition coefficient (Wildman–Crippen LogP) is 4.76. The molecule has 43 heavy (non-hydrogen) atoms. The zero-order valence-corrected chi connectivity index (χ0v) is 24.9. The number of hydrogen-bond acceptors (Lipinski definition) is 8. The Kier molecular flexibility index (Phi) is 9.79. The highest BCUT2D eigenvalue weighted by atomic mass is 32.1. The molecule has 0 unspecified atom stereocenters. The van der Waals surface area contributed by atoms with Crippen LogP contribution in [0.5, 0.6) is 5.75 Å². The standard InChI is InChI=1S/C32H34F2N4O4S/c1-19-21(20-15-25(33)24(17-35-10-13-39)28(16-20)42-2)5-3-6-22(19)23-7-4-8-27(30(23)34)36-31(41)32-37-26-9-11-38(12-14-40)18-29(26)43-32/h3-8,15-16,35,39-40H,9-14,17-18H2,1-2H3,(H,36,41). The average molecular weight is 609 g/mol. The Balaban J connectivity index is 1.41. The number of methoxy groups -OCH3 is 1. The smallest absolute Gasteiger partial charge is 0.284 e. The van der Waals surface area contributed by atoms with Gasteiger partial charge in [0.2, 0.25) is 0 Å². The summed E-state index contributed by atoms with van der Waals surface area (Å²) in [4.78, 5) is 20.7. The van der Waals surface area contributed by atoms with Gasteiger partial charge in [-0.15, -0.1) is 11.3 Å². The van der Waals surface area contributed by atoms with Crippen molar-refractivity contribution in [2.24, 2.45) is 0 Å². The fraction of sp³-hybridized carbons (Fsp3) is 0.312. The van der Waals surface area contributed by atoms with Crippen LogP contribution in [-0.4, -0.2) is 66.0 Å². The van der Waals surface area contributed by atoms with Gasteiger partial charge in [-0.1, -0.05) is 30.3 Å². The number of nitrogens with zero attached hydrogens (tertiary/aromatic N) is 2.